The van der Waals surface area contributed by atoms with Crippen LogP contribution in [-0.2, 0) is 13.3 Å². The summed E-state index contributed by atoms with van der Waals surface area (Å²) >= 11 is 0. The Morgan fingerprint density at radius 1 is 1.14 bits per heavy atom. The van der Waals surface area contributed by atoms with Crippen molar-refractivity contribution >= 4 is 22.8 Å². The van der Waals surface area contributed by atoms with Crippen LogP contribution in [0.3, 0.4) is 0 Å². The summed E-state index contributed by atoms with van der Waals surface area (Å²) in [6.45, 7) is 23.3. The monoisotopic (exact) mass is 344 g/mol. The van der Waals surface area contributed by atoms with Crippen LogP contribution in [0.4, 0.5) is 0 Å². The second-order valence-electron chi connectivity index (χ2n) is 7.83. The minimum absolute atomic E-state index is 0.0900. The third kappa shape index (κ3) is 4.80. The Balaban J connectivity index is 5.93. The van der Waals surface area contributed by atoms with Crippen molar-refractivity contribution < 1.29 is 13.3 Å². The molecule has 3 nitrogen and oxygen atoms in total. The van der Waals surface area contributed by atoms with Crippen molar-refractivity contribution in [1.29, 1.82) is 0 Å². The maximum absolute atomic E-state index is 12.0. The molecule has 0 rings (SSSR count). The Morgan fingerprint density at radius 2 is 1.55 bits per heavy atom. The van der Waals surface area contributed by atoms with Crippen LogP contribution < -0.4 is 0 Å². The molecule has 2 atom stereocenters. The number of carbonyl (C=O) groups is 1. The molecule has 130 valence electrons. The fourth-order valence-corrected chi connectivity index (χ4v) is 11.3. The van der Waals surface area contributed by atoms with Gasteiger partial charge in [-0.15, -0.1) is 0 Å². The molecular formula is C17H36O3Si2. The van der Waals surface area contributed by atoms with E-state index in [0.717, 1.165) is 12.8 Å². The highest BCUT2D eigenvalue weighted by Crippen LogP contribution is 2.46. The Morgan fingerprint density at radius 3 is 1.82 bits per heavy atom. The fourth-order valence-electron chi connectivity index (χ4n) is 2.23. The SMILES string of the molecule is C=CC(=O)O[Si](O[Si](C)(C)C(C)(C)C)(C(C)CC)C(C)CC. The van der Waals surface area contributed by atoms with E-state index in [1.807, 2.05) is 0 Å². The van der Waals surface area contributed by atoms with E-state index in [2.05, 4.69) is 68.1 Å². The van der Waals surface area contributed by atoms with E-state index in [4.69, 9.17) is 8.54 Å². The van der Waals surface area contributed by atoms with Gasteiger partial charge in [0.2, 0.25) is 0 Å². The maximum Gasteiger partial charge on any atom is 0.397 e. The van der Waals surface area contributed by atoms with Gasteiger partial charge in [0, 0.05) is 17.2 Å². The summed E-state index contributed by atoms with van der Waals surface area (Å²) in [5.41, 5.74) is 0.529. The Hall–Kier alpha value is -0.396. The molecule has 0 radical (unpaired) electrons. The fraction of sp³-hybridized carbons (Fsp3) is 0.824. The lowest BCUT2D eigenvalue weighted by Crippen LogP contribution is -2.59. The van der Waals surface area contributed by atoms with Gasteiger partial charge in [0.1, 0.15) is 0 Å². The van der Waals surface area contributed by atoms with E-state index in [0.29, 0.717) is 0 Å². The number of carbonyl (C=O) groups excluding carboxylic acids is 1. The smallest absolute Gasteiger partial charge is 0.397 e. The average molecular weight is 345 g/mol. The molecule has 0 aromatic heterocycles. The van der Waals surface area contributed by atoms with Crippen molar-refractivity contribution in [3.05, 3.63) is 12.7 Å². The van der Waals surface area contributed by atoms with Crippen molar-refractivity contribution in [2.45, 2.75) is 90.5 Å². The molecule has 0 amide bonds. The predicted octanol–water partition coefficient (Wildman–Crippen LogP) is 5.78. The Kier molecular flexibility index (Phi) is 7.78. The zero-order valence-electron chi connectivity index (χ0n) is 16.1. The molecule has 0 aromatic rings. The van der Waals surface area contributed by atoms with Crippen molar-refractivity contribution in [2.24, 2.45) is 0 Å². The van der Waals surface area contributed by atoms with E-state index < -0.39 is 16.9 Å². The first-order valence-corrected chi connectivity index (χ1v) is 13.3. The summed E-state index contributed by atoms with van der Waals surface area (Å²) in [6.07, 6.45) is 3.17. The zero-order valence-corrected chi connectivity index (χ0v) is 18.1. The van der Waals surface area contributed by atoms with E-state index >= 15 is 0 Å². The van der Waals surface area contributed by atoms with Crippen molar-refractivity contribution in [3.8, 4) is 0 Å². The summed E-state index contributed by atoms with van der Waals surface area (Å²) in [6, 6.07) is 0. The summed E-state index contributed by atoms with van der Waals surface area (Å²) in [4.78, 5) is 12.0. The van der Waals surface area contributed by atoms with Gasteiger partial charge in [-0.25, -0.2) is 4.79 Å². The van der Waals surface area contributed by atoms with Crippen LogP contribution >= 0.6 is 0 Å². The minimum Gasteiger partial charge on any atom is -0.491 e. The summed E-state index contributed by atoms with van der Waals surface area (Å²) in [5.74, 6) is -0.342. The van der Waals surface area contributed by atoms with E-state index in [9.17, 15) is 4.79 Å². The predicted molar refractivity (Wildman–Crippen MR) is 99.8 cm³/mol. The molecule has 0 saturated carbocycles. The minimum atomic E-state index is -2.69. The van der Waals surface area contributed by atoms with Crippen LogP contribution in [0.2, 0.25) is 29.2 Å². The molecule has 0 heterocycles. The number of rotatable bonds is 8. The molecule has 5 heteroatoms. The van der Waals surface area contributed by atoms with Crippen LogP contribution in [0.5, 0.6) is 0 Å². The van der Waals surface area contributed by atoms with Gasteiger partial charge in [0.25, 0.3) is 0 Å². The van der Waals surface area contributed by atoms with Gasteiger partial charge in [-0.05, 0) is 18.1 Å². The number of hydrogen-bond acceptors (Lipinski definition) is 3. The second-order valence-corrected chi connectivity index (χ2v) is 16.8. The van der Waals surface area contributed by atoms with Crippen LogP contribution in [0.1, 0.15) is 61.3 Å². The van der Waals surface area contributed by atoms with Gasteiger partial charge in [0.05, 0.1) is 0 Å². The van der Waals surface area contributed by atoms with Gasteiger partial charge in [-0.1, -0.05) is 67.9 Å². The molecule has 22 heavy (non-hydrogen) atoms. The summed E-state index contributed by atoms with van der Waals surface area (Å²) in [5, 5.41) is 0.0900. The van der Waals surface area contributed by atoms with Crippen molar-refractivity contribution in [3.63, 3.8) is 0 Å². The average Bonchev–Trinajstić information content (AvgIpc) is 2.42. The zero-order chi connectivity index (χ0) is 17.8. The molecule has 0 aliphatic heterocycles. The molecule has 2 unspecified atom stereocenters. The first-order valence-electron chi connectivity index (χ1n) is 8.43. The van der Waals surface area contributed by atoms with Gasteiger partial charge < -0.3 is 8.54 Å². The standard InChI is InChI=1S/C17H36O3Si2/c1-11-14(4)22(15(5)12-2,19-16(18)13-3)20-21(9,10)17(6,7)8/h13-15H,3,11-12H2,1-2,4-10H3. The van der Waals surface area contributed by atoms with E-state index in [1.54, 1.807) is 0 Å². The second kappa shape index (κ2) is 7.93. The van der Waals surface area contributed by atoms with Gasteiger partial charge in [-0.2, -0.15) is 0 Å². The highest BCUT2D eigenvalue weighted by molar-refractivity contribution is 6.86. The lowest BCUT2D eigenvalue weighted by atomic mass is 10.2. The highest BCUT2D eigenvalue weighted by atomic mass is 28.4. The van der Waals surface area contributed by atoms with E-state index in [1.165, 1.54) is 6.08 Å². The molecule has 0 spiro atoms. The Bertz CT molecular complexity index is 376. The first kappa shape index (κ1) is 21.6. The van der Waals surface area contributed by atoms with Crippen LogP contribution in [-0.4, -0.2) is 22.8 Å². The third-order valence-corrected chi connectivity index (χ3v) is 16.3. The van der Waals surface area contributed by atoms with Gasteiger partial charge in [-0.3, -0.25) is 0 Å². The quantitative estimate of drug-likeness (QED) is 0.413. The van der Waals surface area contributed by atoms with Crippen LogP contribution in [0.15, 0.2) is 12.7 Å². The first-order chi connectivity index (χ1) is 9.87. The third-order valence-electron chi connectivity index (χ3n) is 5.25. The normalized spacial score (nSPS) is 18.2. The molecule has 0 bridgehead atoms. The summed E-state index contributed by atoms with van der Waals surface area (Å²) < 4.78 is 12.9. The van der Waals surface area contributed by atoms with Crippen LogP contribution in [0.25, 0.3) is 0 Å². The lowest BCUT2D eigenvalue weighted by Gasteiger charge is -2.47. The summed E-state index contributed by atoms with van der Waals surface area (Å²) in [7, 11) is -4.72. The lowest BCUT2D eigenvalue weighted by molar-refractivity contribution is -0.131. The Labute approximate surface area is 139 Å². The van der Waals surface area contributed by atoms with Crippen molar-refractivity contribution in [2.75, 3.05) is 0 Å². The molecule has 0 aliphatic rings. The van der Waals surface area contributed by atoms with Crippen molar-refractivity contribution in [1.82, 2.24) is 0 Å². The van der Waals surface area contributed by atoms with E-state index in [-0.39, 0.29) is 22.1 Å². The topological polar surface area (TPSA) is 35.5 Å². The molecule has 0 N–H and O–H groups in total. The highest BCUT2D eigenvalue weighted by Gasteiger charge is 2.55. The molecule has 0 aliphatic carbocycles. The number of hydrogen-bond donors (Lipinski definition) is 0. The van der Waals surface area contributed by atoms with Gasteiger partial charge >= 0.3 is 14.5 Å². The maximum atomic E-state index is 12.0. The van der Waals surface area contributed by atoms with Crippen LogP contribution in [0, 0.1) is 0 Å². The molecular weight excluding hydrogens is 308 g/mol. The van der Waals surface area contributed by atoms with Gasteiger partial charge in [0.15, 0.2) is 8.32 Å². The molecule has 0 saturated heterocycles. The molecule has 0 aromatic carbocycles. The largest absolute Gasteiger partial charge is 0.491 e. The molecule has 0 fully saturated rings.